The average Bonchev–Trinajstić information content (AvgIpc) is 3.27. The predicted molar refractivity (Wildman–Crippen MR) is 73.9 cm³/mol. The van der Waals surface area contributed by atoms with Crippen LogP contribution in [0.2, 0.25) is 0 Å². The summed E-state index contributed by atoms with van der Waals surface area (Å²) in [5.41, 5.74) is -2.07. The molecule has 1 aliphatic rings. The fourth-order valence-electron chi connectivity index (χ4n) is 2.15. The highest BCUT2D eigenvalue weighted by atomic mass is 19.4. The monoisotopic (exact) mass is 331 g/mol. The molecule has 0 saturated heterocycles. The Morgan fingerprint density at radius 2 is 1.83 bits per heavy atom. The number of nitrogens with zero attached hydrogens (tertiary/aromatic N) is 1. The molecule has 0 aliphatic heterocycles. The van der Waals surface area contributed by atoms with Crippen molar-refractivity contribution in [2.24, 2.45) is 5.41 Å². The van der Waals surface area contributed by atoms with E-state index in [1.807, 2.05) is 0 Å². The van der Waals surface area contributed by atoms with Crippen molar-refractivity contribution in [3.63, 3.8) is 0 Å². The van der Waals surface area contributed by atoms with Gasteiger partial charge in [0, 0.05) is 7.05 Å². The van der Waals surface area contributed by atoms with E-state index >= 15 is 0 Å². The van der Waals surface area contributed by atoms with Gasteiger partial charge in [-0.15, -0.1) is 0 Å². The Balaban J connectivity index is 1.83. The molecule has 0 atom stereocenters. The highest BCUT2D eigenvalue weighted by Gasteiger charge is 2.58. The first-order valence-electron chi connectivity index (χ1n) is 6.96. The molecule has 5 nitrogen and oxygen atoms in total. The maximum Gasteiger partial charge on any atom is 0.416 e. The number of rotatable bonds is 6. The van der Waals surface area contributed by atoms with Gasteiger partial charge in [-0.05, 0) is 37.1 Å². The van der Waals surface area contributed by atoms with Crippen molar-refractivity contribution in [2.45, 2.75) is 19.0 Å². The quantitative estimate of drug-likeness (QED) is 0.813. The second-order valence-electron chi connectivity index (χ2n) is 5.48. The van der Waals surface area contributed by atoms with Gasteiger partial charge in [0.1, 0.15) is 17.8 Å². The standard InChI is InChI=1S/C15H16F3NO4/c1-19(12(20)14(6-7-14)13(21)22)8-9-23-11-4-2-10(3-5-11)15(16,17)18/h2-5H,6-9H2,1H3,(H,21,22). The fraction of sp³-hybridized carbons (Fsp3) is 0.467. The third-order valence-electron chi connectivity index (χ3n) is 3.79. The molecule has 0 radical (unpaired) electrons. The van der Waals surface area contributed by atoms with Crippen LogP contribution in [-0.2, 0) is 15.8 Å². The van der Waals surface area contributed by atoms with Crippen molar-refractivity contribution in [1.82, 2.24) is 4.90 Å². The van der Waals surface area contributed by atoms with Crippen molar-refractivity contribution in [3.8, 4) is 5.75 Å². The zero-order valence-electron chi connectivity index (χ0n) is 12.4. The van der Waals surface area contributed by atoms with Gasteiger partial charge >= 0.3 is 12.1 Å². The van der Waals surface area contributed by atoms with E-state index in [1.165, 1.54) is 24.1 Å². The van der Waals surface area contributed by atoms with Crippen LogP contribution in [0.4, 0.5) is 13.2 Å². The Hall–Kier alpha value is -2.25. The molecule has 1 aromatic carbocycles. The molecule has 0 unspecified atom stereocenters. The number of aliphatic carboxylic acids is 1. The van der Waals surface area contributed by atoms with Crippen molar-refractivity contribution in [2.75, 3.05) is 20.2 Å². The number of carbonyl (C=O) groups excluding carboxylic acids is 1. The number of hydrogen-bond acceptors (Lipinski definition) is 3. The van der Waals surface area contributed by atoms with Crippen LogP contribution in [-0.4, -0.2) is 42.1 Å². The third kappa shape index (κ3) is 3.75. The second-order valence-corrected chi connectivity index (χ2v) is 5.48. The highest BCUT2D eigenvalue weighted by molar-refractivity contribution is 6.04. The van der Waals surface area contributed by atoms with Gasteiger partial charge in [-0.25, -0.2) is 0 Å². The Morgan fingerprint density at radius 3 is 2.26 bits per heavy atom. The molecule has 1 N–H and O–H groups in total. The van der Waals surface area contributed by atoms with E-state index in [4.69, 9.17) is 9.84 Å². The molecule has 0 spiro atoms. The number of amides is 1. The molecule has 2 rings (SSSR count). The van der Waals surface area contributed by atoms with Gasteiger partial charge in [-0.2, -0.15) is 13.2 Å². The first-order chi connectivity index (χ1) is 10.7. The molecule has 1 aromatic rings. The summed E-state index contributed by atoms with van der Waals surface area (Å²) in [4.78, 5) is 24.4. The van der Waals surface area contributed by atoms with E-state index in [-0.39, 0.29) is 18.9 Å². The zero-order valence-corrected chi connectivity index (χ0v) is 12.4. The van der Waals surface area contributed by atoms with Crippen LogP contribution in [0.1, 0.15) is 18.4 Å². The fourth-order valence-corrected chi connectivity index (χ4v) is 2.15. The Bertz CT molecular complexity index is 594. The lowest BCUT2D eigenvalue weighted by atomic mass is 10.1. The smallest absolute Gasteiger partial charge is 0.416 e. The molecular formula is C15H16F3NO4. The molecule has 1 fully saturated rings. The summed E-state index contributed by atoms with van der Waals surface area (Å²) in [5, 5.41) is 9.05. The topological polar surface area (TPSA) is 66.8 Å². The molecule has 126 valence electrons. The number of alkyl halides is 3. The predicted octanol–water partition coefficient (Wildman–Crippen LogP) is 2.41. The van der Waals surface area contributed by atoms with Crippen LogP contribution in [0.15, 0.2) is 24.3 Å². The lowest BCUT2D eigenvalue weighted by molar-refractivity contribution is -0.153. The number of hydrogen-bond donors (Lipinski definition) is 1. The molecule has 23 heavy (non-hydrogen) atoms. The summed E-state index contributed by atoms with van der Waals surface area (Å²) in [5.74, 6) is -1.35. The lowest BCUT2D eigenvalue weighted by Gasteiger charge is -2.21. The maximum absolute atomic E-state index is 12.4. The SMILES string of the molecule is CN(CCOc1ccc(C(F)(F)F)cc1)C(=O)C1(C(=O)O)CC1. The van der Waals surface area contributed by atoms with Gasteiger partial charge in [-0.3, -0.25) is 9.59 Å². The summed E-state index contributed by atoms with van der Waals surface area (Å²) < 4.78 is 42.5. The van der Waals surface area contributed by atoms with E-state index in [0.29, 0.717) is 12.8 Å². The Labute approximate surface area is 130 Å². The number of likely N-dealkylation sites (N-methyl/N-ethyl adjacent to an activating group) is 1. The molecule has 8 heteroatoms. The van der Waals surface area contributed by atoms with E-state index < -0.39 is 29.0 Å². The van der Waals surface area contributed by atoms with Crippen LogP contribution < -0.4 is 4.74 Å². The van der Waals surface area contributed by atoms with E-state index in [1.54, 1.807) is 0 Å². The number of carboxylic acids is 1. The molecule has 0 aromatic heterocycles. The number of carboxylic acid groups (broad SMARTS) is 1. The first-order valence-corrected chi connectivity index (χ1v) is 6.96. The largest absolute Gasteiger partial charge is 0.492 e. The molecule has 1 aliphatic carbocycles. The van der Waals surface area contributed by atoms with Gasteiger partial charge in [0.25, 0.3) is 0 Å². The van der Waals surface area contributed by atoms with Crippen LogP contribution in [0.25, 0.3) is 0 Å². The van der Waals surface area contributed by atoms with Crippen molar-refractivity contribution >= 4 is 11.9 Å². The zero-order chi connectivity index (χ0) is 17.3. The molecule has 0 heterocycles. The van der Waals surface area contributed by atoms with Crippen LogP contribution >= 0.6 is 0 Å². The summed E-state index contributed by atoms with van der Waals surface area (Å²) in [6, 6.07) is 4.22. The second kappa shape index (κ2) is 6.10. The molecule has 1 amide bonds. The average molecular weight is 331 g/mol. The number of halogens is 3. The van der Waals surface area contributed by atoms with Crippen molar-refractivity contribution in [1.29, 1.82) is 0 Å². The van der Waals surface area contributed by atoms with E-state index in [0.717, 1.165) is 12.1 Å². The normalized spacial score (nSPS) is 15.8. The third-order valence-corrected chi connectivity index (χ3v) is 3.79. The number of ether oxygens (including phenoxy) is 1. The minimum atomic E-state index is -4.40. The summed E-state index contributed by atoms with van der Waals surface area (Å²) in [6.07, 6.45) is -3.75. The van der Waals surface area contributed by atoms with Gasteiger partial charge in [0.05, 0.1) is 12.1 Å². The highest BCUT2D eigenvalue weighted by Crippen LogP contribution is 2.47. The minimum absolute atomic E-state index is 0.0588. The number of benzene rings is 1. The lowest BCUT2D eigenvalue weighted by Crippen LogP contribution is -2.40. The van der Waals surface area contributed by atoms with Gasteiger partial charge in [0.2, 0.25) is 5.91 Å². The van der Waals surface area contributed by atoms with E-state index in [2.05, 4.69) is 0 Å². The van der Waals surface area contributed by atoms with Crippen LogP contribution in [0.3, 0.4) is 0 Å². The van der Waals surface area contributed by atoms with Crippen molar-refractivity contribution in [3.05, 3.63) is 29.8 Å². The van der Waals surface area contributed by atoms with Crippen LogP contribution in [0, 0.1) is 5.41 Å². The first kappa shape index (κ1) is 17.1. The van der Waals surface area contributed by atoms with Crippen LogP contribution in [0.5, 0.6) is 5.75 Å². The van der Waals surface area contributed by atoms with Gasteiger partial charge in [-0.1, -0.05) is 0 Å². The minimum Gasteiger partial charge on any atom is -0.492 e. The van der Waals surface area contributed by atoms with Gasteiger partial charge in [0.15, 0.2) is 0 Å². The van der Waals surface area contributed by atoms with E-state index in [9.17, 15) is 22.8 Å². The van der Waals surface area contributed by atoms with Gasteiger partial charge < -0.3 is 14.7 Å². The molecule has 0 bridgehead atoms. The number of carbonyl (C=O) groups is 2. The maximum atomic E-state index is 12.4. The summed E-state index contributed by atoms with van der Waals surface area (Å²) in [6.45, 7) is 0.207. The summed E-state index contributed by atoms with van der Waals surface area (Å²) in [7, 11) is 1.47. The summed E-state index contributed by atoms with van der Waals surface area (Å²) >= 11 is 0. The Morgan fingerprint density at radius 1 is 1.26 bits per heavy atom. The molecular weight excluding hydrogens is 315 g/mol. The van der Waals surface area contributed by atoms with Crippen molar-refractivity contribution < 1.29 is 32.6 Å². The Kier molecular flexibility index (Phi) is 4.53. The molecule has 1 saturated carbocycles.